The van der Waals surface area contributed by atoms with Crippen LogP contribution in [-0.4, -0.2) is 0 Å². The third-order valence-corrected chi connectivity index (χ3v) is 4.55. The van der Waals surface area contributed by atoms with Crippen LogP contribution in [0.4, 0.5) is 4.39 Å². The van der Waals surface area contributed by atoms with E-state index in [0.717, 1.165) is 24.0 Å². The first-order chi connectivity index (χ1) is 9.08. The Morgan fingerprint density at radius 3 is 2.68 bits per heavy atom. The van der Waals surface area contributed by atoms with E-state index in [1.807, 2.05) is 6.07 Å². The number of benzene rings is 1. The summed E-state index contributed by atoms with van der Waals surface area (Å²) in [4.78, 5) is 0. The van der Waals surface area contributed by atoms with E-state index in [4.69, 9.17) is 10.2 Å². The molecule has 102 valence electrons. The number of fused-ring (bicyclic) bond motifs is 1. The average molecular weight is 261 g/mol. The molecule has 1 aliphatic carbocycles. The Morgan fingerprint density at radius 1 is 1.21 bits per heavy atom. The van der Waals surface area contributed by atoms with Gasteiger partial charge in [-0.3, -0.25) is 0 Å². The number of hydrogen-bond acceptors (Lipinski definition) is 2. The van der Waals surface area contributed by atoms with Crippen LogP contribution in [-0.2, 0) is 0 Å². The van der Waals surface area contributed by atoms with E-state index < -0.39 is 0 Å². The highest BCUT2D eigenvalue weighted by atomic mass is 19.1. The molecule has 2 aromatic rings. The normalized spacial score (nSPS) is 20.6. The quantitative estimate of drug-likeness (QED) is 0.861. The first-order valence-corrected chi connectivity index (χ1v) is 7.03. The zero-order valence-corrected chi connectivity index (χ0v) is 11.3. The molecular weight excluding hydrogens is 241 g/mol. The van der Waals surface area contributed by atoms with Crippen LogP contribution < -0.4 is 5.73 Å². The molecule has 2 nitrogen and oxygen atoms in total. The van der Waals surface area contributed by atoms with Gasteiger partial charge in [0.2, 0.25) is 0 Å². The predicted octanol–water partition coefficient (Wildman–Crippen LogP) is 4.54. The van der Waals surface area contributed by atoms with Gasteiger partial charge in [-0.2, -0.15) is 0 Å². The lowest BCUT2D eigenvalue weighted by atomic mass is 9.70. The standard InChI is InChI=1S/C16H20FNO/c1-16(7-3-2-4-8-16)15(18)14-10-11-9-12(17)5-6-13(11)19-14/h5-6,9-10,15H,2-4,7-8,18H2,1H3. The molecule has 1 unspecified atom stereocenters. The predicted molar refractivity (Wildman–Crippen MR) is 74.3 cm³/mol. The minimum Gasteiger partial charge on any atom is -0.459 e. The summed E-state index contributed by atoms with van der Waals surface area (Å²) in [6.45, 7) is 2.24. The first-order valence-electron chi connectivity index (χ1n) is 7.03. The van der Waals surface area contributed by atoms with E-state index in [2.05, 4.69) is 6.92 Å². The van der Waals surface area contributed by atoms with Gasteiger partial charge in [0.05, 0.1) is 6.04 Å². The van der Waals surface area contributed by atoms with E-state index in [0.29, 0.717) is 5.58 Å². The van der Waals surface area contributed by atoms with Crippen LogP contribution in [0.3, 0.4) is 0 Å². The van der Waals surface area contributed by atoms with Gasteiger partial charge in [0.15, 0.2) is 0 Å². The van der Waals surface area contributed by atoms with Gasteiger partial charge in [0, 0.05) is 5.39 Å². The molecule has 1 aliphatic rings. The minimum absolute atomic E-state index is 0.102. The molecule has 3 heteroatoms. The average Bonchev–Trinajstić information content (AvgIpc) is 2.81. The molecular formula is C16H20FNO. The monoisotopic (exact) mass is 261 g/mol. The molecule has 1 heterocycles. The van der Waals surface area contributed by atoms with Crippen molar-refractivity contribution in [2.24, 2.45) is 11.1 Å². The van der Waals surface area contributed by atoms with Gasteiger partial charge in [-0.1, -0.05) is 26.2 Å². The number of nitrogens with two attached hydrogens (primary N) is 1. The maximum Gasteiger partial charge on any atom is 0.134 e. The largest absolute Gasteiger partial charge is 0.459 e. The van der Waals surface area contributed by atoms with Crippen LogP contribution in [0.5, 0.6) is 0 Å². The number of furan rings is 1. The molecule has 1 aromatic heterocycles. The summed E-state index contributed by atoms with van der Waals surface area (Å²) in [5.41, 5.74) is 7.23. The maximum atomic E-state index is 13.2. The van der Waals surface area contributed by atoms with Gasteiger partial charge in [-0.05, 0) is 42.5 Å². The summed E-state index contributed by atoms with van der Waals surface area (Å²) in [6.07, 6.45) is 6.05. The van der Waals surface area contributed by atoms with Crippen molar-refractivity contribution in [2.75, 3.05) is 0 Å². The van der Waals surface area contributed by atoms with E-state index >= 15 is 0 Å². The number of hydrogen-bond donors (Lipinski definition) is 1. The van der Waals surface area contributed by atoms with Gasteiger partial charge in [0.25, 0.3) is 0 Å². The van der Waals surface area contributed by atoms with Crippen molar-refractivity contribution >= 4 is 11.0 Å². The Kier molecular flexibility index (Phi) is 3.09. The Hall–Kier alpha value is -1.35. The highest BCUT2D eigenvalue weighted by molar-refractivity contribution is 5.78. The molecule has 1 fully saturated rings. The third-order valence-electron chi connectivity index (χ3n) is 4.55. The van der Waals surface area contributed by atoms with Gasteiger partial charge in [-0.15, -0.1) is 0 Å². The highest BCUT2D eigenvalue weighted by Gasteiger charge is 2.35. The van der Waals surface area contributed by atoms with Crippen molar-refractivity contribution in [1.29, 1.82) is 0 Å². The Bertz CT molecular complexity index is 583. The molecule has 1 aromatic carbocycles. The second-order valence-electron chi connectivity index (χ2n) is 6.02. The molecule has 0 radical (unpaired) electrons. The fourth-order valence-corrected chi connectivity index (χ4v) is 3.20. The molecule has 19 heavy (non-hydrogen) atoms. The van der Waals surface area contributed by atoms with Gasteiger partial charge < -0.3 is 10.2 Å². The lowest BCUT2D eigenvalue weighted by Gasteiger charge is -2.37. The van der Waals surface area contributed by atoms with E-state index in [-0.39, 0.29) is 17.3 Å². The smallest absolute Gasteiger partial charge is 0.134 e. The molecule has 2 N–H and O–H groups in total. The summed E-state index contributed by atoms with van der Waals surface area (Å²) >= 11 is 0. The molecule has 0 spiro atoms. The van der Waals surface area contributed by atoms with Crippen molar-refractivity contribution in [3.63, 3.8) is 0 Å². The zero-order chi connectivity index (χ0) is 13.5. The van der Waals surface area contributed by atoms with E-state index in [9.17, 15) is 4.39 Å². The lowest BCUT2D eigenvalue weighted by molar-refractivity contribution is 0.156. The zero-order valence-electron chi connectivity index (χ0n) is 11.3. The van der Waals surface area contributed by atoms with Gasteiger partial charge in [-0.25, -0.2) is 4.39 Å². The van der Waals surface area contributed by atoms with Crippen molar-refractivity contribution in [3.05, 3.63) is 35.8 Å². The molecule has 1 saturated carbocycles. The van der Waals surface area contributed by atoms with Crippen LogP contribution in [0.15, 0.2) is 28.7 Å². The second-order valence-corrected chi connectivity index (χ2v) is 6.02. The van der Waals surface area contributed by atoms with Crippen molar-refractivity contribution < 1.29 is 8.81 Å². The Morgan fingerprint density at radius 2 is 1.95 bits per heavy atom. The lowest BCUT2D eigenvalue weighted by Crippen LogP contribution is -2.33. The SMILES string of the molecule is CC1(C(N)c2cc3cc(F)ccc3o2)CCCCC1. The fraction of sp³-hybridized carbons (Fsp3) is 0.500. The highest BCUT2D eigenvalue weighted by Crippen LogP contribution is 2.45. The van der Waals surface area contributed by atoms with E-state index in [1.54, 1.807) is 6.07 Å². The summed E-state index contributed by atoms with van der Waals surface area (Å²) in [5.74, 6) is 0.544. The van der Waals surface area contributed by atoms with Crippen LogP contribution in [0.25, 0.3) is 11.0 Å². The number of rotatable bonds is 2. The fourth-order valence-electron chi connectivity index (χ4n) is 3.20. The molecule has 0 amide bonds. The Balaban J connectivity index is 1.94. The van der Waals surface area contributed by atoms with Crippen molar-refractivity contribution in [1.82, 2.24) is 0 Å². The van der Waals surface area contributed by atoms with Crippen molar-refractivity contribution in [3.8, 4) is 0 Å². The minimum atomic E-state index is -0.239. The molecule has 0 bridgehead atoms. The number of halogens is 1. The van der Waals surface area contributed by atoms with Crippen LogP contribution in [0.2, 0.25) is 0 Å². The molecule has 3 rings (SSSR count). The summed E-state index contributed by atoms with van der Waals surface area (Å²) in [6, 6.07) is 6.37. The summed E-state index contributed by atoms with van der Waals surface area (Å²) < 4.78 is 19.0. The Labute approximate surface area is 112 Å². The topological polar surface area (TPSA) is 39.2 Å². The van der Waals surface area contributed by atoms with Crippen molar-refractivity contribution in [2.45, 2.75) is 45.1 Å². The maximum absolute atomic E-state index is 13.2. The summed E-state index contributed by atoms with van der Waals surface area (Å²) in [7, 11) is 0. The van der Waals surface area contributed by atoms with Crippen LogP contribution >= 0.6 is 0 Å². The molecule has 0 aliphatic heterocycles. The van der Waals surface area contributed by atoms with Crippen LogP contribution in [0, 0.1) is 11.2 Å². The van der Waals surface area contributed by atoms with Gasteiger partial charge in [0.1, 0.15) is 17.2 Å². The van der Waals surface area contributed by atoms with Gasteiger partial charge >= 0.3 is 0 Å². The summed E-state index contributed by atoms with van der Waals surface area (Å²) in [5, 5.41) is 0.796. The molecule has 1 atom stereocenters. The van der Waals surface area contributed by atoms with Crippen LogP contribution in [0.1, 0.15) is 50.8 Å². The molecule has 0 saturated heterocycles. The third kappa shape index (κ3) is 2.27. The second kappa shape index (κ2) is 4.64. The first kappa shape index (κ1) is 12.7. The van der Waals surface area contributed by atoms with E-state index in [1.165, 1.54) is 31.4 Å².